The minimum Gasteiger partial charge on any atom is -0.390 e. The number of hydrogen-bond donors (Lipinski definition) is 2. The molecule has 30 heavy (non-hydrogen) atoms. The van der Waals surface area contributed by atoms with Crippen molar-refractivity contribution in [2.45, 2.75) is 44.5 Å². The minimum atomic E-state index is -3.44. The van der Waals surface area contributed by atoms with E-state index in [0.717, 1.165) is 15.4 Å². The van der Waals surface area contributed by atoms with E-state index < -0.39 is 27.8 Å². The fourth-order valence-electron chi connectivity index (χ4n) is 3.13. The third-order valence-electron chi connectivity index (χ3n) is 4.56. The van der Waals surface area contributed by atoms with Gasteiger partial charge in [0.1, 0.15) is 22.9 Å². The van der Waals surface area contributed by atoms with Crippen molar-refractivity contribution in [1.29, 1.82) is 5.26 Å². The fourth-order valence-corrected chi connectivity index (χ4v) is 5.12. The van der Waals surface area contributed by atoms with E-state index >= 15 is 0 Å². The second kappa shape index (κ2) is 8.50. The van der Waals surface area contributed by atoms with Crippen molar-refractivity contribution in [2.24, 2.45) is 0 Å². The molecular formula is C18H23FN6O3S2. The van der Waals surface area contributed by atoms with Gasteiger partial charge in [0.25, 0.3) is 0 Å². The van der Waals surface area contributed by atoms with E-state index in [0.29, 0.717) is 17.1 Å². The van der Waals surface area contributed by atoms with Gasteiger partial charge in [-0.2, -0.15) is 9.57 Å². The number of nitrogens with one attached hydrogen (secondary N) is 1. The van der Waals surface area contributed by atoms with Crippen LogP contribution in [0.4, 0.5) is 10.3 Å². The highest BCUT2D eigenvalue weighted by atomic mass is 32.2. The number of rotatable bonds is 6. The molecule has 0 saturated carbocycles. The first-order valence-electron chi connectivity index (χ1n) is 9.26. The van der Waals surface area contributed by atoms with Crippen molar-refractivity contribution >= 4 is 27.3 Å². The lowest BCUT2D eigenvalue weighted by Crippen LogP contribution is -2.49. The third-order valence-corrected chi connectivity index (χ3v) is 6.83. The highest BCUT2D eigenvalue weighted by Crippen LogP contribution is 2.29. The molecule has 12 heteroatoms. The van der Waals surface area contributed by atoms with Crippen LogP contribution in [0.2, 0.25) is 0 Å². The average molecular weight is 455 g/mol. The zero-order chi connectivity index (χ0) is 22.1. The summed E-state index contributed by atoms with van der Waals surface area (Å²) in [6.45, 7) is 3.36. The van der Waals surface area contributed by atoms with Crippen LogP contribution in [0.3, 0.4) is 0 Å². The normalized spacial score (nSPS) is 20.7. The molecule has 2 N–H and O–H groups in total. The Hall–Kier alpha value is -2.20. The summed E-state index contributed by atoms with van der Waals surface area (Å²) in [4.78, 5) is 13.6. The quantitative estimate of drug-likeness (QED) is 0.672. The Morgan fingerprint density at radius 2 is 2.17 bits per heavy atom. The van der Waals surface area contributed by atoms with Gasteiger partial charge in [-0.05, 0) is 20.3 Å². The topological polar surface area (TPSA) is 132 Å². The molecule has 1 aliphatic rings. The molecule has 0 unspecified atom stereocenters. The number of nitrogens with zero attached hydrogens (tertiary/aromatic N) is 5. The van der Waals surface area contributed by atoms with Gasteiger partial charge in [-0.3, -0.25) is 0 Å². The van der Waals surface area contributed by atoms with Gasteiger partial charge in [0.2, 0.25) is 16.0 Å². The van der Waals surface area contributed by atoms with E-state index in [-0.39, 0.29) is 31.0 Å². The average Bonchev–Trinajstić information content (AvgIpc) is 3.09. The zero-order valence-corrected chi connectivity index (χ0v) is 18.5. The fraction of sp³-hybridized carbons (Fsp3) is 0.556. The van der Waals surface area contributed by atoms with Gasteiger partial charge >= 0.3 is 0 Å². The van der Waals surface area contributed by atoms with Crippen LogP contribution in [0, 0.1) is 11.3 Å². The maximum atomic E-state index is 14.5. The zero-order valence-electron chi connectivity index (χ0n) is 16.8. The van der Waals surface area contributed by atoms with Gasteiger partial charge < -0.3 is 10.4 Å². The van der Waals surface area contributed by atoms with E-state index in [2.05, 4.69) is 20.3 Å². The van der Waals surface area contributed by atoms with Gasteiger partial charge in [-0.25, -0.2) is 27.8 Å². The Morgan fingerprint density at radius 1 is 1.43 bits per heavy atom. The summed E-state index contributed by atoms with van der Waals surface area (Å²) >= 11 is 1.31. The van der Waals surface area contributed by atoms with Crippen LogP contribution in [0.15, 0.2) is 12.4 Å². The Bertz CT molecular complexity index is 1060. The predicted octanol–water partition coefficient (Wildman–Crippen LogP) is 1.57. The molecule has 0 bridgehead atoms. The molecule has 0 spiro atoms. The minimum absolute atomic E-state index is 0.142. The molecule has 3 rings (SSSR count). The highest BCUT2D eigenvalue weighted by molar-refractivity contribution is 7.88. The van der Waals surface area contributed by atoms with E-state index in [1.54, 1.807) is 20.0 Å². The second-order valence-corrected chi connectivity index (χ2v) is 11.0. The van der Waals surface area contributed by atoms with Crippen LogP contribution < -0.4 is 5.32 Å². The van der Waals surface area contributed by atoms with Crippen LogP contribution in [0.1, 0.15) is 30.7 Å². The number of anilines is 1. The number of sulfonamides is 1. The van der Waals surface area contributed by atoms with Crippen LogP contribution in [0.5, 0.6) is 0 Å². The summed E-state index contributed by atoms with van der Waals surface area (Å²) < 4.78 is 38.9. The van der Waals surface area contributed by atoms with Crippen LogP contribution in [0.25, 0.3) is 10.7 Å². The standard InChI is InChI=1S/C18H23FN6O3S2/c1-18(2,26)6-12-9-21-16(29-12)15-11(7-20)8-22-17(24-15)23-14-4-5-25(10-13(14)19)30(3,27)28/h8-9,13-14,26H,4-6,10H2,1-3H3,(H,22,23,24)/t13-,14+/m1/s1. The Balaban J connectivity index is 1.80. The van der Waals surface area contributed by atoms with Crippen molar-refractivity contribution in [3.8, 4) is 16.8 Å². The van der Waals surface area contributed by atoms with Crippen LogP contribution >= 0.6 is 11.3 Å². The summed E-state index contributed by atoms with van der Waals surface area (Å²) in [7, 11) is -3.44. The summed E-state index contributed by atoms with van der Waals surface area (Å²) in [5.74, 6) is 0.142. The molecule has 0 radical (unpaired) electrons. The van der Waals surface area contributed by atoms with Crippen molar-refractivity contribution in [1.82, 2.24) is 19.3 Å². The monoisotopic (exact) mass is 454 g/mol. The van der Waals surface area contributed by atoms with E-state index in [4.69, 9.17) is 0 Å². The van der Waals surface area contributed by atoms with E-state index in [1.807, 2.05) is 6.07 Å². The maximum Gasteiger partial charge on any atom is 0.223 e. The van der Waals surface area contributed by atoms with Crippen molar-refractivity contribution < 1.29 is 17.9 Å². The molecule has 9 nitrogen and oxygen atoms in total. The number of aromatic nitrogens is 3. The molecule has 2 atom stereocenters. The van der Waals surface area contributed by atoms with Gasteiger partial charge in [0.05, 0.1) is 29.7 Å². The Kier molecular flexibility index (Phi) is 6.37. The molecule has 0 amide bonds. The van der Waals surface area contributed by atoms with Crippen LogP contribution in [-0.4, -0.2) is 69.9 Å². The van der Waals surface area contributed by atoms with Crippen molar-refractivity contribution in [3.63, 3.8) is 0 Å². The summed E-state index contributed by atoms with van der Waals surface area (Å²) in [6.07, 6.45) is 3.29. The first-order chi connectivity index (χ1) is 14.0. The molecule has 1 fully saturated rings. The lowest BCUT2D eigenvalue weighted by molar-refractivity contribution is 0.0818. The van der Waals surface area contributed by atoms with Gasteiger partial charge in [-0.1, -0.05) is 0 Å². The summed E-state index contributed by atoms with van der Waals surface area (Å²) in [6, 6.07) is 1.38. The number of aliphatic hydroxyl groups is 1. The molecule has 3 heterocycles. The van der Waals surface area contributed by atoms with E-state index in [9.17, 15) is 23.2 Å². The van der Waals surface area contributed by atoms with E-state index in [1.165, 1.54) is 17.5 Å². The molecule has 1 aliphatic heterocycles. The second-order valence-electron chi connectivity index (χ2n) is 7.87. The molecule has 162 valence electrons. The van der Waals surface area contributed by atoms with Crippen molar-refractivity contribution in [2.75, 3.05) is 24.7 Å². The Labute approximate surface area is 178 Å². The number of hydrogen-bond acceptors (Lipinski definition) is 9. The SMILES string of the molecule is CC(C)(O)Cc1cnc(-c2nc(N[C@H]3CCN(S(C)(=O)=O)C[C@H]3F)ncc2C#N)s1. The molecule has 2 aromatic heterocycles. The number of alkyl halides is 1. The van der Waals surface area contributed by atoms with Gasteiger partial charge in [0, 0.05) is 30.6 Å². The predicted molar refractivity (Wildman–Crippen MR) is 111 cm³/mol. The molecule has 1 saturated heterocycles. The Morgan fingerprint density at radius 3 is 2.77 bits per heavy atom. The number of nitriles is 1. The first kappa shape index (κ1) is 22.5. The number of halogens is 1. The van der Waals surface area contributed by atoms with Gasteiger partial charge in [-0.15, -0.1) is 11.3 Å². The smallest absolute Gasteiger partial charge is 0.223 e. The lowest BCUT2D eigenvalue weighted by atomic mass is 10.1. The number of piperidine rings is 1. The maximum absolute atomic E-state index is 14.5. The third kappa shape index (κ3) is 5.48. The lowest BCUT2D eigenvalue weighted by Gasteiger charge is -2.33. The summed E-state index contributed by atoms with van der Waals surface area (Å²) in [5.41, 5.74) is -0.337. The molecule has 0 aromatic carbocycles. The van der Waals surface area contributed by atoms with Crippen molar-refractivity contribution in [3.05, 3.63) is 22.8 Å². The number of thiazole rings is 1. The molecule has 0 aliphatic carbocycles. The largest absolute Gasteiger partial charge is 0.390 e. The van der Waals surface area contributed by atoms with Crippen LogP contribution in [-0.2, 0) is 16.4 Å². The molecular weight excluding hydrogens is 431 g/mol. The molecule has 2 aromatic rings. The highest BCUT2D eigenvalue weighted by Gasteiger charge is 2.33. The first-order valence-corrected chi connectivity index (χ1v) is 11.9. The van der Waals surface area contributed by atoms with Gasteiger partial charge in [0.15, 0.2) is 0 Å². The summed E-state index contributed by atoms with van der Waals surface area (Å²) in [5, 5.41) is 22.8.